The maximum Gasteiger partial charge on any atom is 0.450 e. The number of piperazine rings is 1. The number of aryl methyl sites for hydroxylation is 2. The molecule has 0 aliphatic carbocycles. The zero-order chi connectivity index (χ0) is 26.8. The van der Waals surface area contributed by atoms with Gasteiger partial charge in [-0.3, -0.25) is 5.32 Å². The van der Waals surface area contributed by atoms with Crippen molar-refractivity contribution in [2.75, 3.05) is 19.6 Å². The molecule has 0 bridgehead atoms. The molecule has 1 aromatic heterocycles. The summed E-state index contributed by atoms with van der Waals surface area (Å²) in [5.41, 5.74) is 2.07. The van der Waals surface area contributed by atoms with Crippen molar-refractivity contribution in [2.45, 2.75) is 31.0 Å². The van der Waals surface area contributed by atoms with E-state index in [4.69, 9.17) is 4.42 Å². The lowest BCUT2D eigenvalue weighted by molar-refractivity contribution is -0.156. The van der Waals surface area contributed by atoms with Gasteiger partial charge in [0, 0.05) is 25.7 Å². The molecule has 1 N–H and O–H groups in total. The molecule has 0 amide bonds. The molecule has 1 aliphatic rings. The molecule has 12 heteroatoms. The Morgan fingerprint density at radius 3 is 2.43 bits per heavy atom. The number of halogens is 3. The molecule has 37 heavy (non-hydrogen) atoms. The molecule has 0 saturated carbocycles. The summed E-state index contributed by atoms with van der Waals surface area (Å²) < 4.78 is 74.0. The molecule has 2 heterocycles. The zero-order valence-electron chi connectivity index (χ0n) is 20.0. The van der Waals surface area contributed by atoms with Crippen LogP contribution < -0.4 is 5.32 Å². The number of aliphatic imine (C=N–C) groups is 1. The van der Waals surface area contributed by atoms with Crippen LogP contribution in [0.1, 0.15) is 28.7 Å². The summed E-state index contributed by atoms with van der Waals surface area (Å²) in [4.78, 5) is 5.36. The number of hydrogen-bond donors (Lipinski definition) is 1. The molecule has 0 spiro atoms. The summed E-state index contributed by atoms with van der Waals surface area (Å²) in [6.07, 6.45) is -3.12. The van der Waals surface area contributed by atoms with Crippen LogP contribution in [0.2, 0.25) is 0 Å². The minimum atomic E-state index is -4.98. The fourth-order valence-electron chi connectivity index (χ4n) is 4.23. The summed E-state index contributed by atoms with van der Waals surface area (Å²) in [7, 11) is -4.61. The second kappa shape index (κ2) is 10.3. The van der Waals surface area contributed by atoms with Crippen LogP contribution in [-0.4, -0.2) is 43.2 Å². The lowest BCUT2D eigenvalue weighted by Gasteiger charge is -2.41. The van der Waals surface area contributed by atoms with Gasteiger partial charge in [0.15, 0.2) is 6.19 Å². The van der Waals surface area contributed by atoms with E-state index in [-0.39, 0.29) is 31.4 Å². The number of furan rings is 1. The molecule has 4 rings (SSSR count). The third-order valence-corrected chi connectivity index (χ3v) is 7.90. The van der Waals surface area contributed by atoms with Crippen molar-refractivity contribution in [1.29, 1.82) is 5.26 Å². The Balaban J connectivity index is 1.76. The molecule has 3 aromatic rings. The Morgan fingerprint density at radius 1 is 1.11 bits per heavy atom. The van der Waals surface area contributed by atoms with Crippen molar-refractivity contribution < 1.29 is 26.0 Å². The van der Waals surface area contributed by atoms with Crippen LogP contribution in [0.5, 0.6) is 0 Å². The fraction of sp³-hybridized carbons (Fsp3) is 0.280. The van der Waals surface area contributed by atoms with Crippen LogP contribution in [0, 0.1) is 25.3 Å². The van der Waals surface area contributed by atoms with Crippen LogP contribution in [0.4, 0.5) is 18.9 Å². The van der Waals surface area contributed by atoms with Crippen LogP contribution in [-0.2, 0) is 16.2 Å². The number of para-hydroxylation sites is 1. The number of nitrogens with one attached hydrogen (secondary N) is 1. The predicted molar refractivity (Wildman–Crippen MR) is 130 cm³/mol. The second-order valence-electron chi connectivity index (χ2n) is 8.50. The van der Waals surface area contributed by atoms with Crippen molar-refractivity contribution in [3.05, 3.63) is 83.3 Å². The highest BCUT2D eigenvalue weighted by molar-refractivity contribution is 7.89. The number of nitriles is 1. The SMILES string of the molecule is Cc1cc(S(=O)(=O)N2CCN(C(=Nc3ccccc3C)NC#N)CC2c2ccccc2)c(C(F)(F)F)o1. The maximum absolute atomic E-state index is 13.6. The lowest BCUT2D eigenvalue weighted by Crippen LogP contribution is -2.54. The number of guanidine groups is 1. The molecule has 1 unspecified atom stereocenters. The van der Waals surface area contributed by atoms with Gasteiger partial charge in [0.2, 0.25) is 21.7 Å². The smallest absolute Gasteiger partial charge is 0.450 e. The number of hydrogen-bond acceptors (Lipinski definition) is 5. The highest BCUT2D eigenvalue weighted by atomic mass is 32.2. The highest BCUT2D eigenvalue weighted by Gasteiger charge is 2.46. The topological polar surface area (TPSA) is 102 Å². The van der Waals surface area contributed by atoms with E-state index in [0.29, 0.717) is 11.3 Å². The summed E-state index contributed by atoms with van der Waals surface area (Å²) in [6.45, 7) is 3.11. The number of alkyl halides is 3. The van der Waals surface area contributed by atoms with Gasteiger partial charge in [0.1, 0.15) is 10.7 Å². The van der Waals surface area contributed by atoms with Gasteiger partial charge in [-0.1, -0.05) is 48.5 Å². The van der Waals surface area contributed by atoms with Gasteiger partial charge in [0.25, 0.3) is 0 Å². The molecule has 194 valence electrons. The van der Waals surface area contributed by atoms with Gasteiger partial charge in [-0.05, 0) is 31.0 Å². The average molecular weight is 532 g/mol. The third kappa shape index (κ3) is 5.47. The van der Waals surface area contributed by atoms with Gasteiger partial charge in [-0.2, -0.15) is 22.7 Å². The molecule has 0 radical (unpaired) electrons. The molecule has 8 nitrogen and oxygen atoms in total. The van der Waals surface area contributed by atoms with Crippen LogP contribution in [0.3, 0.4) is 0 Å². The van der Waals surface area contributed by atoms with Crippen LogP contribution in [0.25, 0.3) is 0 Å². The van der Waals surface area contributed by atoms with Gasteiger partial charge < -0.3 is 9.32 Å². The molecule has 2 aromatic carbocycles. The van der Waals surface area contributed by atoms with Crippen molar-refractivity contribution in [2.24, 2.45) is 4.99 Å². The molecule has 1 aliphatic heterocycles. The molecular weight excluding hydrogens is 507 g/mol. The Hall–Kier alpha value is -3.82. The zero-order valence-corrected chi connectivity index (χ0v) is 20.8. The van der Waals surface area contributed by atoms with E-state index in [9.17, 15) is 26.9 Å². The number of rotatable bonds is 4. The van der Waals surface area contributed by atoms with E-state index < -0.39 is 32.9 Å². The van der Waals surface area contributed by atoms with Crippen molar-refractivity contribution >= 4 is 21.7 Å². The Morgan fingerprint density at radius 2 is 1.78 bits per heavy atom. The van der Waals surface area contributed by atoms with Crippen molar-refractivity contribution in [3.63, 3.8) is 0 Å². The Labute approximate surface area is 212 Å². The van der Waals surface area contributed by atoms with Crippen molar-refractivity contribution in [3.8, 4) is 6.19 Å². The van der Waals surface area contributed by atoms with Gasteiger partial charge in [-0.25, -0.2) is 13.4 Å². The van der Waals surface area contributed by atoms with E-state index in [1.165, 1.54) is 6.92 Å². The quantitative estimate of drug-likeness (QED) is 0.226. The normalized spacial score (nSPS) is 17.5. The van der Waals surface area contributed by atoms with Crippen LogP contribution >= 0.6 is 0 Å². The fourth-order valence-corrected chi connectivity index (χ4v) is 6.03. The predicted octanol–water partition coefficient (Wildman–Crippen LogP) is 4.72. The first kappa shape index (κ1) is 26.2. The number of benzene rings is 2. The molecule has 1 saturated heterocycles. The monoisotopic (exact) mass is 531 g/mol. The Bertz CT molecular complexity index is 1450. The summed E-state index contributed by atoms with van der Waals surface area (Å²) in [5.74, 6) is -1.50. The number of sulfonamides is 1. The summed E-state index contributed by atoms with van der Waals surface area (Å²) in [5, 5.41) is 11.9. The second-order valence-corrected chi connectivity index (χ2v) is 10.4. The van der Waals surface area contributed by atoms with E-state index in [0.717, 1.165) is 15.9 Å². The van der Waals surface area contributed by atoms with Gasteiger partial charge >= 0.3 is 6.18 Å². The van der Waals surface area contributed by atoms with Crippen LogP contribution in [0.15, 0.2) is 75.0 Å². The first-order valence-corrected chi connectivity index (χ1v) is 12.7. The molecule has 1 fully saturated rings. The van der Waals surface area contributed by atoms with Crippen molar-refractivity contribution in [1.82, 2.24) is 14.5 Å². The highest BCUT2D eigenvalue weighted by Crippen LogP contribution is 2.40. The summed E-state index contributed by atoms with van der Waals surface area (Å²) in [6, 6.07) is 16.0. The largest absolute Gasteiger partial charge is 0.455 e. The van der Waals surface area contributed by atoms with E-state index in [1.54, 1.807) is 47.4 Å². The third-order valence-electron chi connectivity index (χ3n) is 5.99. The lowest BCUT2D eigenvalue weighted by atomic mass is 10.0. The summed E-state index contributed by atoms with van der Waals surface area (Å²) >= 11 is 0. The minimum Gasteiger partial charge on any atom is -0.455 e. The van der Waals surface area contributed by atoms with Gasteiger partial charge in [-0.15, -0.1) is 0 Å². The van der Waals surface area contributed by atoms with E-state index in [1.807, 2.05) is 25.2 Å². The van der Waals surface area contributed by atoms with E-state index >= 15 is 0 Å². The average Bonchev–Trinajstić information content (AvgIpc) is 3.28. The van der Waals surface area contributed by atoms with E-state index in [2.05, 4.69) is 10.3 Å². The Kier molecular flexibility index (Phi) is 7.29. The molecular formula is C25H24F3N5O3S. The molecule has 1 atom stereocenters. The first-order valence-electron chi connectivity index (χ1n) is 11.3. The number of nitrogens with zero attached hydrogens (tertiary/aromatic N) is 4. The minimum absolute atomic E-state index is 0.0425. The van der Waals surface area contributed by atoms with Gasteiger partial charge in [0.05, 0.1) is 11.7 Å². The maximum atomic E-state index is 13.6. The first-order chi connectivity index (χ1) is 17.5. The standard InChI is InChI=1S/C25H24F3N5O3S/c1-17-8-6-7-11-20(17)31-24(30-16-29)32-12-13-33(21(15-32)19-9-4-3-5-10-19)37(34,35)22-14-18(2)36-23(22)25(26,27)28/h3-11,14,21H,12-13,15H2,1-2H3,(H,30,31).